The molecule has 0 radical (unpaired) electrons. The number of carbonyl (C=O) groups excluding carboxylic acids is 3. The molecule has 1 aromatic heterocycles. The van der Waals surface area contributed by atoms with Crippen molar-refractivity contribution in [1.82, 2.24) is 4.98 Å². The Bertz CT molecular complexity index is 1560. The van der Waals surface area contributed by atoms with Gasteiger partial charge in [0.15, 0.2) is 16.6 Å². The molecule has 0 aliphatic carbocycles. The van der Waals surface area contributed by atoms with Crippen molar-refractivity contribution in [2.45, 2.75) is 59.4 Å². The monoisotopic (exact) mass is 610 g/mol. The number of nitrogens with zero attached hydrogens (tertiary/aromatic N) is 2. The Balaban J connectivity index is 1.85. The van der Waals surface area contributed by atoms with E-state index >= 15 is 0 Å². The molecule has 3 aromatic rings. The molecule has 228 valence electrons. The number of anilines is 1. The number of aryl methyl sites for hydroxylation is 2. The summed E-state index contributed by atoms with van der Waals surface area (Å²) in [4.78, 5) is 45.4. The lowest BCUT2D eigenvalue weighted by molar-refractivity contribution is -0.132. The van der Waals surface area contributed by atoms with E-state index in [4.69, 9.17) is 14.2 Å². The van der Waals surface area contributed by atoms with Crippen molar-refractivity contribution >= 4 is 39.9 Å². The van der Waals surface area contributed by atoms with E-state index in [-0.39, 0.29) is 27.8 Å². The maximum Gasteiger partial charge on any atom is 0.350 e. The molecule has 4 rings (SSSR count). The van der Waals surface area contributed by atoms with E-state index in [0.717, 1.165) is 48.0 Å². The number of hydrogen-bond acceptors (Lipinski definition) is 9. The Morgan fingerprint density at radius 2 is 1.84 bits per heavy atom. The van der Waals surface area contributed by atoms with Gasteiger partial charge in [0, 0.05) is 5.56 Å². The first-order chi connectivity index (χ1) is 20.6. The number of amides is 1. The number of thiazole rings is 1. The van der Waals surface area contributed by atoms with E-state index in [1.54, 1.807) is 39.0 Å². The highest BCUT2D eigenvalue weighted by molar-refractivity contribution is 7.17. The van der Waals surface area contributed by atoms with Crippen LogP contribution in [0.3, 0.4) is 0 Å². The van der Waals surface area contributed by atoms with Crippen molar-refractivity contribution in [3.8, 4) is 11.5 Å². The second-order valence-corrected chi connectivity index (χ2v) is 11.1. The van der Waals surface area contributed by atoms with Gasteiger partial charge in [-0.1, -0.05) is 55.7 Å². The highest BCUT2D eigenvalue weighted by atomic mass is 32.1. The summed E-state index contributed by atoms with van der Waals surface area (Å²) >= 11 is 0.901. The van der Waals surface area contributed by atoms with Crippen molar-refractivity contribution in [3.63, 3.8) is 0 Å². The molecule has 0 bridgehead atoms. The van der Waals surface area contributed by atoms with E-state index < -0.39 is 35.3 Å². The van der Waals surface area contributed by atoms with Crippen LogP contribution in [0.5, 0.6) is 11.5 Å². The predicted molar refractivity (Wildman–Crippen MR) is 161 cm³/mol. The highest BCUT2D eigenvalue weighted by Crippen LogP contribution is 2.45. The molecule has 1 amide bonds. The van der Waals surface area contributed by atoms with E-state index in [2.05, 4.69) is 11.9 Å². The number of aliphatic hydroxyl groups excluding tert-OH is 1. The minimum atomic E-state index is -1.17. The molecule has 0 unspecified atom stereocenters. The molecule has 43 heavy (non-hydrogen) atoms. The fraction of sp³-hybridized carbons (Fsp3) is 0.375. The van der Waals surface area contributed by atoms with Crippen LogP contribution in [-0.4, -0.2) is 48.1 Å². The Kier molecular flexibility index (Phi) is 10.2. The van der Waals surface area contributed by atoms with Gasteiger partial charge in [-0.25, -0.2) is 14.2 Å². The maximum absolute atomic E-state index is 14.5. The zero-order chi connectivity index (χ0) is 31.3. The van der Waals surface area contributed by atoms with E-state index in [0.29, 0.717) is 34.9 Å². The van der Waals surface area contributed by atoms with Gasteiger partial charge in [0.05, 0.1) is 37.6 Å². The van der Waals surface area contributed by atoms with E-state index in [1.807, 2.05) is 0 Å². The summed E-state index contributed by atoms with van der Waals surface area (Å²) in [6.07, 6.45) is 4.12. The molecule has 11 heteroatoms. The molecule has 1 aliphatic heterocycles. The molecule has 1 fully saturated rings. The second kappa shape index (κ2) is 13.8. The Labute approximate surface area is 253 Å². The van der Waals surface area contributed by atoms with Gasteiger partial charge in [0.25, 0.3) is 5.78 Å². The first kappa shape index (κ1) is 31.7. The number of carbonyl (C=O) groups is 3. The van der Waals surface area contributed by atoms with Crippen LogP contribution in [0.1, 0.15) is 77.6 Å². The van der Waals surface area contributed by atoms with Crippen LogP contribution in [0.25, 0.3) is 5.76 Å². The number of benzene rings is 2. The van der Waals surface area contributed by atoms with Crippen LogP contribution < -0.4 is 14.4 Å². The molecule has 2 heterocycles. The smallest absolute Gasteiger partial charge is 0.350 e. The second-order valence-electron chi connectivity index (χ2n) is 10.1. The number of halogens is 1. The van der Waals surface area contributed by atoms with Crippen molar-refractivity contribution in [1.29, 1.82) is 0 Å². The third kappa shape index (κ3) is 6.56. The van der Waals surface area contributed by atoms with Crippen LogP contribution in [0.15, 0.2) is 42.0 Å². The number of aliphatic hydroxyl groups is 1. The summed E-state index contributed by atoms with van der Waals surface area (Å²) in [5, 5.41) is 11.4. The van der Waals surface area contributed by atoms with Crippen molar-refractivity contribution in [3.05, 3.63) is 75.0 Å². The third-order valence-electron chi connectivity index (χ3n) is 7.10. The number of ether oxygens (including phenoxy) is 3. The molecule has 1 aliphatic rings. The first-order valence-corrected chi connectivity index (χ1v) is 15.0. The van der Waals surface area contributed by atoms with Gasteiger partial charge < -0.3 is 19.3 Å². The van der Waals surface area contributed by atoms with Crippen molar-refractivity contribution < 1.29 is 38.1 Å². The lowest BCUT2D eigenvalue weighted by atomic mass is 9.94. The van der Waals surface area contributed by atoms with Crippen LogP contribution in [-0.2, 0) is 14.3 Å². The quantitative estimate of drug-likeness (QED) is 0.0795. The topological polar surface area (TPSA) is 115 Å². The summed E-state index contributed by atoms with van der Waals surface area (Å²) < 4.78 is 31.1. The minimum absolute atomic E-state index is 0.0348. The van der Waals surface area contributed by atoms with Gasteiger partial charge in [-0.2, -0.15) is 0 Å². The van der Waals surface area contributed by atoms with Gasteiger partial charge in [-0.05, 0) is 56.5 Å². The van der Waals surface area contributed by atoms with Crippen molar-refractivity contribution in [2.75, 3.05) is 25.2 Å². The third-order valence-corrected chi connectivity index (χ3v) is 8.24. The predicted octanol–water partition coefficient (Wildman–Crippen LogP) is 6.67. The standard InChI is InChI=1S/C32H35FN2O7S/c1-6-8-9-10-15-42-23-14-13-20(17-24(23)40-5)26-25(27(36)21-12-11-18(3)22(33)16-21)28(37)30(38)35(26)32-34-19(4)29(43-32)31(39)41-7-2/h11-14,16-17,26,36H,6-10,15H2,1-5H3/t26-/m0/s1. The number of rotatable bonds is 12. The molecule has 0 saturated carbocycles. The number of hydrogen-bond donors (Lipinski definition) is 1. The summed E-state index contributed by atoms with van der Waals surface area (Å²) in [6, 6.07) is 7.86. The first-order valence-electron chi connectivity index (χ1n) is 14.2. The minimum Gasteiger partial charge on any atom is -0.507 e. The Hall–Kier alpha value is -4.25. The zero-order valence-electron chi connectivity index (χ0n) is 24.9. The van der Waals surface area contributed by atoms with Crippen LogP contribution in [0.4, 0.5) is 9.52 Å². The SMILES string of the molecule is CCCCCCOc1ccc([C@H]2C(=C(O)c3ccc(C)c(F)c3)C(=O)C(=O)N2c2nc(C)c(C(=O)OCC)s2)cc1OC. The van der Waals surface area contributed by atoms with Crippen molar-refractivity contribution in [2.24, 2.45) is 0 Å². The number of methoxy groups -OCH3 is 1. The normalized spacial score (nSPS) is 16.0. The van der Waals surface area contributed by atoms with Crippen LogP contribution in [0.2, 0.25) is 0 Å². The summed E-state index contributed by atoms with van der Waals surface area (Å²) in [5.74, 6) is -2.82. The summed E-state index contributed by atoms with van der Waals surface area (Å²) in [6.45, 7) is 7.61. The lowest BCUT2D eigenvalue weighted by Crippen LogP contribution is -2.29. The highest BCUT2D eigenvalue weighted by Gasteiger charge is 2.48. The van der Waals surface area contributed by atoms with Gasteiger partial charge in [-0.15, -0.1) is 0 Å². The Morgan fingerprint density at radius 1 is 1.07 bits per heavy atom. The Morgan fingerprint density at radius 3 is 2.51 bits per heavy atom. The average molecular weight is 611 g/mol. The van der Waals surface area contributed by atoms with Gasteiger partial charge in [0.1, 0.15) is 16.5 Å². The largest absolute Gasteiger partial charge is 0.507 e. The average Bonchev–Trinajstić information content (AvgIpc) is 3.50. The summed E-state index contributed by atoms with van der Waals surface area (Å²) in [5.41, 5.74) is 0.869. The fourth-order valence-electron chi connectivity index (χ4n) is 4.80. The molecule has 1 N–H and O–H groups in total. The summed E-state index contributed by atoms with van der Waals surface area (Å²) in [7, 11) is 1.48. The number of unbranched alkanes of at least 4 members (excludes halogenated alkanes) is 3. The molecule has 2 aromatic carbocycles. The maximum atomic E-state index is 14.5. The molecule has 0 spiro atoms. The van der Waals surface area contributed by atoms with Gasteiger partial charge >= 0.3 is 11.9 Å². The molecular weight excluding hydrogens is 575 g/mol. The molecular formula is C32H35FN2O7S. The lowest BCUT2D eigenvalue weighted by Gasteiger charge is -2.24. The van der Waals surface area contributed by atoms with Gasteiger partial charge in [0.2, 0.25) is 0 Å². The fourth-order valence-corrected chi connectivity index (χ4v) is 5.78. The van der Waals surface area contributed by atoms with Crippen LogP contribution >= 0.6 is 11.3 Å². The van der Waals surface area contributed by atoms with E-state index in [9.17, 15) is 23.9 Å². The molecule has 1 saturated heterocycles. The van der Waals surface area contributed by atoms with Crippen LogP contribution in [0, 0.1) is 19.7 Å². The van der Waals surface area contributed by atoms with E-state index in [1.165, 1.54) is 19.2 Å². The molecule has 9 nitrogen and oxygen atoms in total. The zero-order valence-corrected chi connectivity index (χ0v) is 25.7. The number of ketones is 1. The van der Waals surface area contributed by atoms with Gasteiger partial charge in [-0.3, -0.25) is 14.5 Å². The number of esters is 1. The molecule has 1 atom stereocenters. The number of aromatic nitrogens is 1. The number of Topliss-reactive ketones (excluding diaryl/α,β-unsaturated/α-hetero) is 1.